The molecule has 0 aliphatic heterocycles. The summed E-state index contributed by atoms with van der Waals surface area (Å²) in [5.41, 5.74) is 4.92. The number of oxime groups is 1. The Hall–Kier alpha value is -1.59. The molecule has 0 aliphatic rings. The van der Waals surface area contributed by atoms with E-state index in [1.54, 1.807) is 0 Å². The number of hydrogen-bond donors (Lipinski definition) is 3. The lowest BCUT2D eigenvalue weighted by Crippen LogP contribution is -2.37. The highest BCUT2D eigenvalue weighted by Gasteiger charge is 2.13. The molecule has 0 saturated heterocycles. The van der Waals surface area contributed by atoms with Gasteiger partial charge in [-0.25, -0.2) is 0 Å². The van der Waals surface area contributed by atoms with E-state index in [4.69, 9.17) is 10.9 Å². The number of aliphatic imine (C=N–C) groups is 1. The maximum absolute atomic E-state index is 10.8. The van der Waals surface area contributed by atoms with Gasteiger partial charge in [0.15, 0.2) is 5.84 Å². The monoisotopic (exact) mass is 158 g/mol. The first-order chi connectivity index (χ1) is 5.17. The predicted molar refractivity (Wildman–Crippen MR) is 40.8 cm³/mol. The Morgan fingerprint density at radius 3 is 2.45 bits per heavy atom. The fourth-order valence-electron chi connectivity index (χ4n) is 0.437. The molecule has 0 aromatic heterocycles. The van der Waals surface area contributed by atoms with E-state index in [-0.39, 0.29) is 11.5 Å². The van der Waals surface area contributed by atoms with E-state index in [0.717, 1.165) is 0 Å². The minimum absolute atomic E-state index is 0.105. The molecule has 4 N–H and O–H groups in total. The number of amides is 1. The summed E-state index contributed by atoms with van der Waals surface area (Å²) < 4.78 is 0. The number of carbonyl (C=O) groups excluding carboxylic acids is 1. The maximum Gasteiger partial charge on any atom is 0.276 e. The summed E-state index contributed by atoms with van der Waals surface area (Å²) in [4.78, 5) is 14.3. The number of amidine groups is 1. The molecule has 0 saturated carbocycles. The van der Waals surface area contributed by atoms with Gasteiger partial charge >= 0.3 is 0 Å². The summed E-state index contributed by atoms with van der Waals surface area (Å²) in [6.45, 7) is 0. The molecule has 0 aliphatic carbocycles. The molecule has 6 nitrogen and oxygen atoms in total. The van der Waals surface area contributed by atoms with Gasteiger partial charge in [0.2, 0.25) is 5.71 Å². The maximum atomic E-state index is 10.8. The van der Waals surface area contributed by atoms with Crippen molar-refractivity contribution >= 4 is 17.5 Å². The first-order valence-corrected chi connectivity index (χ1v) is 2.84. The van der Waals surface area contributed by atoms with Crippen LogP contribution in [-0.2, 0) is 4.79 Å². The normalized spacial score (nSPS) is 12.9. The molecule has 0 bridgehead atoms. The van der Waals surface area contributed by atoms with Gasteiger partial charge in [-0.1, -0.05) is 5.16 Å². The lowest BCUT2D eigenvalue weighted by Gasteiger charge is -1.99. The van der Waals surface area contributed by atoms with Gasteiger partial charge in [0, 0.05) is 14.1 Å². The zero-order valence-electron chi connectivity index (χ0n) is 6.33. The summed E-state index contributed by atoms with van der Waals surface area (Å²) in [6, 6.07) is 0. The number of hydrogen-bond acceptors (Lipinski definition) is 4. The predicted octanol–water partition coefficient (Wildman–Crippen LogP) is -1.45. The Morgan fingerprint density at radius 2 is 2.18 bits per heavy atom. The van der Waals surface area contributed by atoms with Crippen molar-refractivity contribution in [2.24, 2.45) is 15.9 Å². The van der Waals surface area contributed by atoms with Crippen molar-refractivity contribution < 1.29 is 10.0 Å². The van der Waals surface area contributed by atoms with E-state index < -0.39 is 5.91 Å². The molecule has 0 heterocycles. The van der Waals surface area contributed by atoms with Crippen LogP contribution in [0.1, 0.15) is 0 Å². The summed E-state index contributed by atoms with van der Waals surface area (Å²) in [6.07, 6.45) is 0. The van der Waals surface area contributed by atoms with E-state index in [1.807, 2.05) is 0 Å². The van der Waals surface area contributed by atoms with Crippen LogP contribution in [0.3, 0.4) is 0 Å². The first kappa shape index (κ1) is 9.41. The molecule has 11 heavy (non-hydrogen) atoms. The van der Waals surface area contributed by atoms with Crippen LogP contribution in [0.4, 0.5) is 0 Å². The van der Waals surface area contributed by atoms with Crippen molar-refractivity contribution in [3.8, 4) is 0 Å². The van der Waals surface area contributed by atoms with Crippen molar-refractivity contribution in [3.63, 3.8) is 0 Å². The number of nitrogens with two attached hydrogens (primary N) is 1. The van der Waals surface area contributed by atoms with E-state index in [1.165, 1.54) is 14.1 Å². The summed E-state index contributed by atoms with van der Waals surface area (Å²) in [7, 11) is 2.79. The van der Waals surface area contributed by atoms with Crippen molar-refractivity contribution in [2.75, 3.05) is 14.1 Å². The second kappa shape index (κ2) is 4.26. The van der Waals surface area contributed by atoms with Crippen LogP contribution >= 0.6 is 0 Å². The molecule has 0 unspecified atom stereocenters. The van der Waals surface area contributed by atoms with Crippen molar-refractivity contribution in [3.05, 3.63) is 0 Å². The van der Waals surface area contributed by atoms with Crippen LogP contribution < -0.4 is 11.1 Å². The molecule has 1 amide bonds. The zero-order valence-corrected chi connectivity index (χ0v) is 6.33. The average molecular weight is 158 g/mol. The third-order valence-electron chi connectivity index (χ3n) is 1.03. The lowest BCUT2D eigenvalue weighted by atomic mass is 10.3. The van der Waals surface area contributed by atoms with Crippen molar-refractivity contribution in [1.29, 1.82) is 0 Å². The highest BCUT2D eigenvalue weighted by molar-refractivity contribution is 6.66. The van der Waals surface area contributed by atoms with Gasteiger partial charge in [0.1, 0.15) is 0 Å². The molecular formula is C5H10N4O2. The second-order valence-electron chi connectivity index (χ2n) is 1.64. The van der Waals surface area contributed by atoms with Crippen LogP contribution in [0.5, 0.6) is 0 Å². The van der Waals surface area contributed by atoms with Crippen LogP contribution in [0, 0.1) is 0 Å². The summed E-state index contributed by atoms with van der Waals surface area (Å²) in [5, 5.41) is 13.2. The molecule has 0 rings (SSSR count). The highest BCUT2D eigenvalue weighted by Crippen LogP contribution is 1.78. The van der Waals surface area contributed by atoms with Crippen LogP contribution in [0.2, 0.25) is 0 Å². The summed E-state index contributed by atoms with van der Waals surface area (Å²) >= 11 is 0. The molecule has 0 atom stereocenters. The van der Waals surface area contributed by atoms with E-state index in [9.17, 15) is 4.79 Å². The molecule has 0 spiro atoms. The first-order valence-electron chi connectivity index (χ1n) is 2.84. The minimum Gasteiger partial charge on any atom is -0.410 e. The average Bonchev–Trinajstić information content (AvgIpc) is 2.05. The topological polar surface area (TPSA) is 100 Å². The molecule has 0 fully saturated rings. The smallest absolute Gasteiger partial charge is 0.276 e. The number of nitrogens with zero attached hydrogens (tertiary/aromatic N) is 2. The number of carbonyl (C=O) groups is 1. The molecule has 6 heteroatoms. The van der Waals surface area contributed by atoms with Gasteiger partial charge in [0.25, 0.3) is 5.91 Å². The summed E-state index contributed by atoms with van der Waals surface area (Å²) in [5.74, 6) is -0.678. The van der Waals surface area contributed by atoms with E-state index >= 15 is 0 Å². The second-order valence-corrected chi connectivity index (χ2v) is 1.64. The Kier molecular flexibility index (Phi) is 3.65. The van der Waals surface area contributed by atoms with Gasteiger partial charge in [-0.15, -0.1) is 0 Å². The van der Waals surface area contributed by atoms with E-state index in [2.05, 4.69) is 15.5 Å². The molecular weight excluding hydrogens is 148 g/mol. The Balaban J connectivity index is 4.57. The number of rotatable bonds is 2. The van der Waals surface area contributed by atoms with Gasteiger partial charge in [-0.2, -0.15) is 0 Å². The lowest BCUT2D eigenvalue weighted by molar-refractivity contribution is -0.114. The van der Waals surface area contributed by atoms with Crippen LogP contribution in [-0.4, -0.2) is 36.8 Å². The zero-order chi connectivity index (χ0) is 8.85. The van der Waals surface area contributed by atoms with Gasteiger partial charge in [0.05, 0.1) is 0 Å². The third kappa shape index (κ3) is 2.24. The van der Waals surface area contributed by atoms with Gasteiger partial charge in [-0.05, 0) is 0 Å². The third-order valence-corrected chi connectivity index (χ3v) is 1.03. The standard InChI is InChI=1S/C5H10N4O2/c1-7-4(6)3(9-11)5(10)8-2/h11H,1-2H3,(H2,6,7)(H,8,10). The SMILES string of the molecule is CN=C(N)C(=NO)C(=O)NC. The Labute approximate surface area is 63.8 Å². The minimum atomic E-state index is -0.574. The van der Waals surface area contributed by atoms with Crippen molar-refractivity contribution in [2.45, 2.75) is 0 Å². The van der Waals surface area contributed by atoms with Gasteiger partial charge in [-0.3, -0.25) is 9.79 Å². The van der Waals surface area contributed by atoms with Gasteiger partial charge < -0.3 is 16.3 Å². The Bertz CT molecular complexity index is 209. The van der Waals surface area contributed by atoms with E-state index in [0.29, 0.717) is 0 Å². The molecule has 0 radical (unpaired) electrons. The molecule has 0 aromatic carbocycles. The Morgan fingerprint density at radius 1 is 1.64 bits per heavy atom. The fourth-order valence-corrected chi connectivity index (χ4v) is 0.437. The highest BCUT2D eigenvalue weighted by atomic mass is 16.4. The quantitative estimate of drug-likeness (QED) is 0.198. The largest absolute Gasteiger partial charge is 0.410 e. The van der Waals surface area contributed by atoms with Crippen LogP contribution in [0.15, 0.2) is 10.1 Å². The molecule has 62 valence electrons. The van der Waals surface area contributed by atoms with Crippen molar-refractivity contribution in [1.82, 2.24) is 5.32 Å². The van der Waals surface area contributed by atoms with Crippen LogP contribution in [0.25, 0.3) is 0 Å². The molecule has 0 aromatic rings. The fraction of sp³-hybridized carbons (Fsp3) is 0.400. The number of nitrogens with one attached hydrogen (secondary N) is 1.